The number of thioether (sulfide) groups is 1. The Balaban J connectivity index is 1.50. The Labute approximate surface area is 220 Å². The van der Waals surface area contributed by atoms with Crippen molar-refractivity contribution in [2.24, 2.45) is 4.99 Å². The van der Waals surface area contributed by atoms with Gasteiger partial charge in [-0.25, -0.2) is 9.79 Å². The first-order chi connectivity index (χ1) is 16.8. The van der Waals surface area contributed by atoms with Crippen molar-refractivity contribution >= 4 is 63.2 Å². The molecule has 3 aromatic carbocycles. The van der Waals surface area contributed by atoms with Crippen LogP contribution in [0.2, 0.25) is 0 Å². The number of likely N-dealkylation sites (N-methyl/N-ethyl adjacent to an activating group) is 1. The molecule has 1 amide bonds. The number of hydrogen-bond acceptors (Lipinski definition) is 6. The molecule has 0 aromatic heterocycles. The van der Waals surface area contributed by atoms with Gasteiger partial charge >= 0.3 is 5.97 Å². The predicted octanol–water partition coefficient (Wildman–Crippen LogP) is 5.81. The normalized spacial score (nSPS) is 15.6. The van der Waals surface area contributed by atoms with E-state index in [4.69, 9.17) is 14.6 Å². The molecule has 178 valence electrons. The average Bonchev–Trinajstić information content (AvgIpc) is 3.12. The Morgan fingerprint density at radius 1 is 1.09 bits per heavy atom. The molecule has 35 heavy (non-hydrogen) atoms. The highest BCUT2D eigenvalue weighted by atomic mass is 127. The van der Waals surface area contributed by atoms with Crippen LogP contribution in [0, 0.1) is 3.57 Å². The van der Waals surface area contributed by atoms with Gasteiger partial charge in [-0.3, -0.25) is 9.69 Å². The number of amides is 1. The topological polar surface area (TPSA) is 88.4 Å². The van der Waals surface area contributed by atoms with Crippen LogP contribution in [0.25, 0.3) is 6.08 Å². The summed E-state index contributed by atoms with van der Waals surface area (Å²) in [6.07, 6.45) is 1.78. The van der Waals surface area contributed by atoms with Crippen molar-refractivity contribution in [2.75, 3.05) is 14.2 Å². The first-order valence-corrected chi connectivity index (χ1v) is 12.4. The smallest absolute Gasteiger partial charge is 0.335 e. The largest absolute Gasteiger partial charge is 0.493 e. The van der Waals surface area contributed by atoms with Crippen molar-refractivity contribution in [2.45, 2.75) is 6.61 Å². The number of amidine groups is 1. The summed E-state index contributed by atoms with van der Waals surface area (Å²) in [6, 6.07) is 19.8. The molecule has 1 fully saturated rings. The van der Waals surface area contributed by atoms with Crippen LogP contribution in [0.4, 0.5) is 5.69 Å². The number of aliphatic imine (C=N–C) groups is 1. The van der Waals surface area contributed by atoms with Crippen molar-refractivity contribution in [3.05, 3.63) is 91.9 Å². The van der Waals surface area contributed by atoms with E-state index in [0.717, 1.165) is 14.7 Å². The van der Waals surface area contributed by atoms with Crippen LogP contribution in [-0.2, 0) is 11.4 Å². The Bertz CT molecular complexity index is 1320. The summed E-state index contributed by atoms with van der Waals surface area (Å²) in [6.45, 7) is 0.417. The van der Waals surface area contributed by atoms with E-state index >= 15 is 0 Å². The molecule has 3 aromatic rings. The molecule has 1 heterocycles. The minimum absolute atomic E-state index is 0.172. The Hall–Kier alpha value is -3.31. The van der Waals surface area contributed by atoms with Gasteiger partial charge in [-0.1, -0.05) is 18.2 Å². The van der Waals surface area contributed by atoms with E-state index in [-0.39, 0.29) is 11.5 Å². The molecule has 0 unspecified atom stereocenters. The van der Waals surface area contributed by atoms with Crippen molar-refractivity contribution in [3.63, 3.8) is 0 Å². The van der Waals surface area contributed by atoms with Crippen molar-refractivity contribution < 1.29 is 24.2 Å². The number of halogens is 1. The number of carbonyl (C=O) groups is 2. The molecule has 1 aliphatic rings. The number of aromatic carboxylic acids is 1. The van der Waals surface area contributed by atoms with E-state index in [0.29, 0.717) is 33.9 Å². The van der Waals surface area contributed by atoms with E-state index in [1.54, 1.807) is 32.4 Å². The number of carbonyl (C=O) groups excluding carboxylic acids is 1. The number of carboxylic acids is 1. The van der Waals surface area contributed by atoms with Gasteiger partial charge in [0.15, 0.2) is 16.7 Å². The Morgan fingerprint density at radius 3 is 2.46 bits per heavy atom. The molecule has 1 aliphatic heterocycles. The standard InChI is InChI=1S/C26H21IN2O5S/c1-29-24(30)23(35-26(29)28-20-10-6-18(7-11-20)25(31)32)14-17-5-12-21(22(13-17)33-2)34-15-16-3-8-19(27)9-4-16/h3-14H,15H2,1-2H3,(H,31,32)/b23-14-,28-26?. The molecule has 1 N–H and O–H groups in total. The zero-order valence-electron chi connectivity index (χ0n) is 18.9. The quantitative estimate of drug-likeness (QED) is 0.272. The second kappa shape index (κ2) is 11.0. The number of nitrogens with zero attached hydrogens (tertiary/aromatic N) is 2. The highest BCUT2D eigenvalue weighted by Gasteiger charge is 2.30. The zero-order chi connectivity index (χ0) is 24.9. The second-order valence-corrected chi connectivity index (χ2v) is 9.80. The third-order valence-electron chi connectivity index (χ3n) is 5.14. The zero-order valence-corrected chi connectivity index (χ0v) is 21.9. The average molecular weight is 600 g/mol. The molecule has 0 spiro atoms. The molecule has 0 aliphatic carbocycles. The highest BCUT2D eigenvalue weighted by Crippen LogP contribution is 2.35. The molecule has 0 radical (unpaired) electrons. The minimum atomic E-state index is -1.00. The number of rotatable bonds is 7. The fourth-order valence-corrected chi connectivity index (χ4v) is 4.57. The lowest BCUT2D eigenvalue weighted by Gasteiger charge is -2.11. The number of methoxy groups -OCH3 is 1. The lowest BCUT2D eigenvalue weighted by atomic mass is 10.2. The summed E-state index contributed by atoms with van der Waals surface area (Å²) in [5, 5.41) is 9.55. The lowest BCUT2D eigenvalue weighted by Crippen LogP contribution is -2.23. The van der Waals surface area contributed by atoms with Gasteiger partial charge < -0.3 is 14.6 Å². The van der Waals surface area contributed by atoms with Crippen molar-refractivity contribution in [1.82, 2.24) is 4.90 Å². The second-order valence-electron chi connectivity index (χ2n) is 7.55. The summed E-state index contributed by atoms with van der Waals surface area (Å²) in [5.74, 6) is 0.0106. The van der Waals surface area contributed by atoms with E-state index in [1.807, 2.05) is 42.5 Å². The Morgan fingerprint density at radius 2 is 1.80 bits per heavy atom. The SMILES string of the molecule is COc1cc(/C=C2\SC(=Nc3ccc(C(=O)O)cc3)N(C)C2=O)ccc1OCc1ccc(I)cc1. The fourth-order valence-electron chi connectivity index (χ4n) is 3.23. The minimum Gasteiger partial charge on any atom is -0.493 e. The number of ether oxygens (including phenoxy) is 2. The van der Waals surface area contributed by atoms with Crippen LogP contribution in [0.5, 0.6) is 11.5 Å². The highest BCUT2D eigenvalue weighted by molar-refractivity contribution is 14.1. The lowest BCUT2D eigenvalue weighted by molar-refractivity contribution is -0.121. The van der Waals surface area contributed by atoms with E-state index in [2.05, 4.69) is 27.6 Å². The maximum Gasteiger partial charge on any atom is 0.335 e. The first-order valence-electron chi connectivity index (χ1n) is 10.5. The van der Waals surface area contributed by atoms with Gasteiger partial charge in [-0.2, -0.15) is 0 Å². The van der Waals surface area contributed by atoms with Crippen LogP contribution >= 0.6 is 34.4 Å². The van der Waals surface area contributed by atoms with Gasteiger partial charge in [0.2, 0.25) is 0 Å². The van der Waals surface area contributed by atoms with E-state index in [1.165, 1.54) is 28.8 Å². The molecule has 9 heteroatoms. The van der Waals surface area contributed by atoms with Crippen molar-refractivity contribution in [3.8, 4) is 11.5 Å². The summed E-state index contributed by atoms with van der Waals surface area (Å²) >= 11 is 3.51. The third kappa shape index (κ3) is 6.04. The van der Waals surface area contributed by atoms with E-state index in [9.17, 15) is 9.59 Å². The molecular weight excluding hydrogens is 579 g/mol. The summed E-state index contributed by atoms with van der Waals surface area (Å²) < 4.78 is 12.6. The van der Waals surface area contributed by atoms with Crippen LogP contribution < -0.4 is 9.47 Å². The Kier molecular flexibility index (Phi) is 7.76. The monoisotopic (exact) mass is 600 g/mol. The molecule has 0 atom stereocenters. The van der Waals surface area contributed by atoms with Crippen molar-refractivity contribution in [1.29, 1.82) is 0 Å². The number of benzene rings is 3. The predicted molar refractivity (Wildman–Crippen MR) is 145 cm³/mol. The maximum absolute atomic E-state index is 12.8. The maximum atomic E-state index is 12.8. The summed E-state index contributed by atoms with van der Waals surface area (Å²) in [7, 11) is 3.23. The van der Waals surface area contributed by atoms with Gasteiger partial charge in [0, 0.05) is 10.6 Å². The molecule has 0 bridgehead atoms. The van der Waals surface area contributed by atoms with Gasteiger partial charge in [-0.05, 0) is 100 Å². The summed E-state index contributed by atoms with van der Waals surface area (Å²) in [4.78, 5) is 30.3. The number of hydrogen-bond donors (Lipinski definition) is 1. The van der Waals surface area contributed by atoms with Gasteiger partial charge in [0.1, 0.15) is 6.61 Å². The first kappa shape index (κ1) is 24.8. The van der Waals surface area contributed by atoms with Crippen LogP contribution in [0.15, 0.2) is 76.6 Å². The molecule has 1 saturated heterocycles. The molecule has 0 saturated carbocycles. The third-order valence-corrected chi connectivity index (χ3v) is 6.91. The van der Waals surface area contributed by atoms with Crippen LogP contribution in [-0.4, -0.2) is 41.2 Å². The van der Waals surface area contributed by atoms with Crippen LogP contribution in [0.1, 0.15) is 21.5 Å². The fraction of sp³-hybridized carbons (Fsp3) is 0.115. The molecule has 4 rings (SSSR count). The molecule has 7 nitrogen and oxygen atoms in total. The molecular formula is C26H21IN2O5S. The van der Waals surface area contributed by atoms with Gasteiger partial charge in [0.05, 0.1) is 23.3 Å². The van der Waals surface area contributed by atoms with E-state index < -0.39 is 5.97 Å². The summed E-state index contributed by atoms with van der Waals surface area (Å²) in [5.41, 5.74) is 2.59. The van der Waals surface area contributed by atoms with Gasteiger partial charge in [0.25, 0.3) is 5.91 Å². The van der Waals surface area contributed by atoms with Crippen LogP contribution in [0.3, 0.4) is 0 Å². The van der Waals surface area contributed by atoms with Gasteiger partial charge in [-0.15, -0.1) is 0 Å². The number of carboxylic acid groups (broad SMARTS) is 1.